The van der Waals surface area contributed by atoms with Crippen LogP contribution >= 0.6 is 0 Å². The highest BCUT2D eigenvalue weighted by atomic mass is 19.1. The van der Waals surface area contributed by atoms with Gasteiger partial charge in [-0.25, -0.2) is 4.39 Å². The molecule has 1 aromatic heterocycles. The first-order valence-corrected chi connectivity index (χ1v) is 3.59. The number of halogens is 1. The van der Waals surface area contributed by atoms with E-state index in [0.717, 1.165) is 0 Å². The molecular weight excluding hydrogens is 163 g/mol. The van der Waals surface area contributed by atoms with Gasteiger partial charge in [0, 0.05) is 6.07 Å². The first kappa shape index (κ1) is 7.27. The SMILES string of the molecule is NC(=O)c1cc([C@@H]2C[C@H]2F)on1. The number of hydrogen-bond donors (Lipinski definition) is 1. The molecule has 5 heteroatoms. The number of carbonyl (C=O) groups excluding carboxylic acids is 1. The number of primary amides is 1. The summed E-state index contributed by atoms with van der Waals surface area (Å²) in [4.78, 5) is 10.5. The van der Waals surface area contributed by atoms with E-state index in [1.807, 2.05) is 0 Å². The van der Waals surface area contributed by atoms with Crippen LogP contribution in [-0.2, 0) is 0 Å². The molecule has 2 atom stereocenters. The lowest BCUT2D eigenvalue weighted by Crippen LogP contribution is -2.10. The molecule has 1 amide bonds. The van der Waals surface area contributed by atoms with Crippen molar-refractivity contribution in [3.05, 3.63) is 17.5 Å². The Balaban J connectivity index is 2.19. The maximum Gasteiger partial charge on any atom is 0.270 e. The van der Waals surface area contributed by atoms with Crippen LogP contribution in [-0.4, -0.2) is 17.2 Å². The topological polar surface area (TPSA) is 69.1 Å². The van der Waals surface area contributed by atoms with Crippen LogP contribution in [0.5, 0.6) is 0 Å². The molecule has 1 heterocycles. The molecule has 4 nitrogen and oxygen atoms in total. The third-order valence-electron chi connectivity index (χ3n) is 1.86. The molecule has 1 aliphatic carbocycles. The molecule has 2 N–H and O–H groups in total. The summed E-state index contributed by atoms with van der Waals surface area (Å²) in [5, 5.41) is 3.40. The molecule has 0 unspecified atom stereocenters. The fourth-order valence-corrected chi connectivity index (χ4v) is 1.04. The number of hydrogen-bond acceptors (Lipinski definition) is 3. The van der Waals surface area contributed by atoms with Gasteiger partial charge in [0.05, 0.1) is 5.92 Å². The van der Waals surface area contributed by atoms with Crippen LogP contribution < -0.4 is 5.73 Å². The minimum atomic E-state index is -0.848. The van der Waals surface area contributed by atoms with Gasteiger partial charge in [-0.1, -0.05) is 5.16 Å². The van der Waals surface area contributed by atoms with E-state index < -0.39 is 12.1 Å². The Morgan fingerprint density at radius 3 is 2.92 bits per heavy atom. The minimum Gasteiger partial charge on any atom is -0.364 e. The molecular formula is C7H7FN2O2. The molecule has 2 rings (SSSR count). The number of nitrogens with two attached hydrogens (primary N) is 1. The average Bonchev–Trinajstić information content (AvgIpc) is 2.59. The van der Waals surface area contributed by atoms with Crippen molar-refractivity contribution in [3.63, 3.8) is 0 Å². The Bertz CT molecular complexity index is 323. The summed E-state index contributed by atoms with van der Waals surface area (Å²) in [5.74, 6) is -0.456. The summed E-state index contributed by atoms with van der Waals surface area (Å²) in [6, 6.07) is 1.40. The Morgan fingerprint density at radius 1 is 1.83 bits per heavy atom. The van der Waals surface area contributed by atoms with Gasteiger partial charge in [0.25, 0.3) is 5.91 Å². The van der Waals surface area contributed by atoms with Crippen molar-refractivity contribution in [1.29, 1.82) is 0 Å². The summed E-state index contributed by atoms with van der Waals surface area (Å²) in [5.41, 5.74) is 4.99. The molecule has 1 fully saturated rings. The predicted octanol–water partition coefficient (Wildman–Crippen LogP) is 0.599. The van der Waals surface area contributed by atoms with Crippen molar-refractivity contribution in [3.8, 4) is 0 Å². The van der Waals surface area contributed by atoms with Crippen LogP contribution in [0.1, 0.15) is 28.6 Å². The maximum absolute atomic E-state index is 12.5. The third-order valence-corrected chi connectivity index (χ3v) is 1.86. The van der Waals surface area contributed by atoms with Gasteiger partial charge in [-0.15, -0.1) is 0 Å². The lowest BCUT2D eigenvalue weighted by atomic mass is 10.3. The van der Waals surface area contributed by atoms with Crippen molar-refractivity contribution < 1.29 is 13.7 Å². The first-order chi connectivity index (χ1) is 5.68. The molecule has 0 saturated heterocycles. The smallest absolute Gasteiger partial charge is 0.270 e. The Kier molecular flexibility index (Phi) is 1.39. The molecule has 12 heavy (non-hydrogen) atoms. The Morgan fingerprint density at radius 2 is 2.50 bits per heavy atom. The van der Waals surface area contributed by atoms with Crippen molar-refractivity contribution in [2.24, 2.45) is 5.73 Å². The average molecular weight is 170 g/mol. The highest BCUT2D eigenvalue weighted by molar-refractivity contribution is 5.90. The van der Waals surface area contributed by atoms with Crippen LogP contribution in [0.4, 0.5) is 4.39 Å². The van der Waals surface area contributed by atoms with Crippen LogP contribution in [0.25, 0.3) is 0 Å². The van der Waals surface area contributed by atoms with Gasteiger partial charge in [0.15, 0.2) is 5.69 Å². The molecule has 0 radical (unpaired) electrons. The second-order valence-electron chi connectivity index (χ2n) is 2.84. The van der Waals surface area contributed by atoms with Crippen molar-refractivity contribution in [2.75, 3.05) is 0 Å². The zero-order valence-corrected chi connectivity index (χ0v) is 6.16. The predicted molar refractivity (Wildman–Crippen MR) is 37.3 cm³/mol. The van der Waals surface area contributed by atoms with E-state index in [-0.39, 0.29) is 11.6 Å². The molecule has 0 aliphatic heterocycles. The standard InChI is InChI=1S/C7H7FN2O2/c8-4-1-3(4)6-2-5(7(9)11)10-12-6/h2-4H,1H2,(H2,9,11)/t3-,4-/m1/s1. The quantitative estimate of drug-likeness (QED) is 0.706. The molecule has 1 aliphatic rings. The number of rotatable bonds is 2. The molecule has 0 aromatic carbocycles. The van der Waals surface area contributed by atoms with Crippen molar-refractivity contribution in [1.82, 2.24) is 5.16 Å². The van der Waals surface area contributed by atoms with Crippen LogP contribution in [0.15, 0.2) is 10.6 Å². The largest absolute Gasteiger partial charge is 0.364 e. The first-order valence-electron chi connectivity index (χ1n) is 3.59. The Hall–Kier alpha value is -1.39. The monoisotopic (exact) mass is 170 g/mol. The van der Waals surface area contributed by atoms with E-state index in [1.165, 1.54) is 6.07 Å². The molecule has 64 valence electrons. The van der Waals surface area contributed by atoms with E-state index in [0.29, 0.717) is 12.2 Å². The lowest BCUT2D eigenvalue weighted by Gasteiger charge is -1.82. The highest BCUT2D eigenvalue weighted by Crippen LogP contribution is 2.43. The van der Waals surface area contributed by atoms with Gasteiger partial charge in [-0.05, 0) is 6.42 Å². The zero-order chi connectivity index (χ0) is 8.72. The fourth-order valence-electron chi connectivity index (χ4n) is 1.04. The molecule has 1 saturated carbocycles. The summed E-state index contributed by atoms with van der Waals surface area (Å²) in [6.07, 6.45) is -0.397. The summed E-state index contributed by atoms with van der Waals surface area (Å²) in [6.45, 7) is 0. The van der Waals surface area contributed by atoms with Crippen LogP contribution in [0.3, 0.4) is 0 Å². The van der Waals surface area contributed by atoms with E-state index in [9.17, 15) is 9.18 Å². The summed E-state index contributed by atoms with van der Waals surface area (Å²) < 4.78 is 17.2. The lowest BCUT2D eigenvalue weighted by molar-refractivity contribution is 0.0991. The number of carbonyl (C=O) groups is 1. The van der Waals surface area contributed by atoms with Crippen LogP contribution in [0, 0.1) is 0 Å². The van der Waals surface area contributed by atoms with Crippen LogP contribution in [0.2, 0.25) is 0 Å². The van der Waals surface area contributed by atoms with E-state index >= 15 is 0 Å². The normalized spacial score (nSPS) is 27.1. The van der Waals surface area contributed by atoms with E-state index in [4.69, 9.17) is 10.3 Å². The molecule has 0 bridgehead atoms. The van der Waals surface area contributed by atoms with Gasteiger partial charge in [-0.3, -0.25) is 4.79 Å². The second kappa shape index (κ2) is 2.30. The van der Waals surface area contributed by atoms with Crippen molar-refractivity contribution >= 4 is 5.91 Å². The third kappa shape index (κ3) is 1.07. The minimum absolute atomic E-state index is 0.0594. The maximum atomic E-state index is 12.5. The van der Waals surface area contributed by atoms with E-state index in [2.05, 4.69) is 5.16 Å². The zero-order valence-electron chi connectivity index (χ0n) is 6.16. The van der Waals surface area contributed by atoms with Gasteiger partial charge in [0.2, 0.25) is 0 Å². The molecule has 0 spiro atoms. The van der Waals surface area contributed by atoms with Gasteiger partial charge in [0.1, 0.15) is 11.9 Å². The van der Waals surface area contributed by atoms with Gasteiger partial charge in [-0.2, -0.15) is 0 Å². The number of alkyl halides is 1. The number of aromatic nitrogens is 1. The fraction of sp³-hybridized carbons (Fsp3) is 0.429. The van der Waals surface area contributed by atoms with Crippen molar-refractivity contribution in [2.45, 2.75) is 18.5 Å². The van der Waals surface area contributed by atoms with E-state index in [1.54, 1.807) is 0 Å². The second-order valence-corrected chi connectivity index (χ2v) is 2.84. The van der Waals surface area contributed by atoms with Gasteiger partial charge >= 0.3 is 0 Å². The number of nitrogens with zero attached hydrogens (tertiary/aromatic N) is 1. The Labute approximate surface area is 67.5 Å². The summed E-state index contributed by atoms with van der Waals surface area (Å²) in [7, 11) is 0. The molecule has 1 aromatic rings. The van der Waals surface area contributed by atoms with Gasteiger partial charge < -0.3 is 10.3 Å². The summed E-state index contributed by atoms with van der Waals surface area (Å²) >= 11 is 0. The highest BCUT2D eigenvalue weighted by Gasteiger charge is 2.42. The number of amides is 1.